The van der Waals surface area contributed by atoms with Crippen LogP contribution in [-0.2, 0) is 6.54 Å². The monoisotopic (exact) mass is 304 g/mol. The van der Waals surface area contributed by atoms with Crippen LogP contribution < -0.4 is 0 Å². The van der Waals surface area contributed by atoms with Gasteiger partial charge in [0.25, 0.3) is 0 Å². The fourth-order valence-electron chi connectivity index (χ4n) is 2.60. The van der Waals surface area contributed by atoms with Crippen molar-refractivity contribution in [2.45, 2.75) is 6.54 Å². The van der Waals surface area contributed by atoms with Crippen molar-refractivity contribution in [1.29, 1.82) is 0 Å². The van der Waals surface area contributed by atoms with Crippen LogP contribution >= 0.6 is 0 Å². The quantitative estimate of drug-likeness (QED) is 0.580. The summed E-state index contributed by atoms with van der Waals surface area (Å²) in [4.78, 5) is 8.76. The Morgan fingerprint density at radius 3 is 2.52 bits per heavy atom. The maximum atomic E-state index is 13.9. The first-order valence-corrected chi connectivity index (χ1v) is 7.29. The molecule has 0 aliphatic carbocycles. The summed E-state index contributed by atoms with van der Waals surface area (Å²) < 4.78 is 15.7. The van der Waals surface area contributed by atoms with Crippen LogP contribution in [0.1, 0.15) is 5.56 Å². The molecule has 112 valence electrons. The molecule has 0 aliphatic heterocycles. The molecule has 0 saturated heterocycles. The molecule has 1 aromatic carbocycles. The maximum Gasteiger partial charge on any atom is 0.158 e. The Labute approximate surface area is 132 Å². The number of fused-ring (bicyclic) bond motifs is 1. The van der Waals surface area contributed by atoms with E-state index in [0.29, 0.717) is 12.1 Å². The van der Waals surface area contributed by atoms with Crippen LogP contribution in [0.5, 0.6) is 0 Å². The maximum absolute atomic E-state index is 13.9. The third-order valence-corrected chi connectivity index (χ3v) is 3.69. The highest BCUT2D eigenvalue weighted by molar-refractivity contribution is 5.89. The highest BCUT2D eigenvalue weighted by Crippen LogP contribution is 2.25. The number of hydrogen-bond acceptors (Lipinski definition) is 3. The molecule has 3 heterocycles. The predicted octanol–water partition coefficient (Wildman–Crippen LogP) is 3.68. The lowest BCUT2D eigenvalue weighted by Crippen LogP contribution is -2.04. The molecule has 0 spiro atoms. The van der Waals surface area contributed by atoms with Crippen LogP contribution in [0, 0.1) is 5.82 Å². The van der Waals surface area contributed by atoms with E-state index in [9.17, 15) is 4.39 Å². The molecule has 5 heteroatoms. The minimum absolute atomic E-state index is 0.244. The Hall–Kier alpha value is -3.08. The lowest BCUT2D eigenvalue weighted by Gasteiger charge is -2.04. The highest BCUT2D eigenvalue weighted by Gasteiger charge is 2.14. The summed E-state index contributed by atoms with van der Waals surface area (Å²) in [6.07, 6.45) is 3.44. The van der Waals surface area contributed by atoms with E-state index in [-0.39, 0.29) is 5.82 Å². The van der Waals surface area contributed by atoms with E-state index in [4.69, 9.17) is 0 Å². The lowest BCUT2D eigenvalue weighted by molar-refractivity contribution is 0.589. The smallest absolute Gasteiger partial charge is 0.158 e. The average Bonchev–Trinajstić information content (AvgIpc) is 2.97. The van der Waals surface area contributed by atoms with E-state index < -0.39 is 0 Å². The van der Waals surface area contributed by atoms with E-state index in [2.05, 4.69) is 15.1 Å². The van der Waals surface area contributed by atoms with E-state index in [0.717, 1.165) is 22.4 Å². The van der Waals surface area contributed by atoms with Gasteiger partial charge in [0, 0.05) is 23.3 Å². The summed E-state index contributed by atoms with van der Waals surface area (Å²) in [5.41, 5.74) is 2.83. The summed E-state index contributed by atoms with van der Waals surface area (Å²) in [6.45, 7) is 0.326. The van der Waals surface area contributed by atoms with Gasteiger partial charge in [0.2, 0.25) is 0 Å². The fraction of sp³-hybridized carbons (Fsp3) is 0.0556. The summed E-state index contributed by atoms with van der Waals surface area (Å²) >= 11 is 0. The second-order valence-electron chi connectivity index (χ2n) is 5.19. The van der Waals surface area contributed by atoms with Crippen molar-refractivity contribution in [2.24, 2.45) is 0 Å². The average molecular weight is 304 g/mol. The van der Waals surface area contributed by atoms with E-state index in [1.165, 1.54) is 6.07 Å². The number of hydrogen-bond donors (Lipinski definition) is 0. The van der Waals surface area contributed by atoms with Gasteiger partial charge in [-0.05, 0) is 30.3 Å². The van der Waals surface area contributed by atoms with Crippen molar-refractivity contribution in [1.82, 2.24) is 19.7 Å². The van der Waals surface area contributed by atoms with Crippen molar-refractivity contribution in [3.63, 3.8) is 0 Å². The molecular weight excluding hydrogens is 291 g/mol. The third-order valence-electron chi connectivity index (χ3n) is 3.69. The Kier molecular flexibility index (Phi) is 3.31. The molecule has 0 bridgehead atoms. The molecule has 3 aromatic heterocycles. The first-order chi connectivity index (χ1) is 11.3. The fourth-order valence-corrected chi connectivity index (χ4v) is 2.60. The van der Waals surface area contributed by atoms with Gasteiger partial charge in [0.15, 0.2) is 5.65 Å². The molecule has 0 N–H and O–H groups in total. The summed E-state index contributed by atoms with van der Waals surface area (Å²) in [7, 11) is 0. The van der Waals surface area contributed by atoms with Crippen molar-refractivity contribution < 1.29 is 4.39 Å². The standard InChI is InChI=1S/C18H13FN4/c19-15-8-2-1-6-13(15)12-23-18-14(7-5-11-21-18)17(22-23)16-9-3-4-10-20-16/h1-11H,12H2. The SMILES string of the molecule is Fc1ccccc1Cn1nc(-c2ccccn2)c2cccnc21. The number of benzene rings is 1. The van der Waals surface area contributed by atoms with Crippen LogP contribution in [0.25, 0.3) is 22.4 Å². The van der Waals surface area contributed by atoms with Gasteiger partial charge < -0.3 is 0 Å². The van der Waals surface area contributed by atoms with Crippen molar-refractivity contribution in [2.75, 3.05) is 0 Å². The Balaban J connectivity index is 1.87. The van der Waals surface area contributed by atoms with Crippen LogP contribution in [0.4, 0.5) is 4.39 Å². The number of aromatic nitrogens is 4. The van der Waals surface area contributed by atoms with Crippen LogP contribution in [-0.4, -0.2) is 19.7 Å². The van der Waals surface area contributed by atoms with Crippen LogP contribution in [0.2, 0.25) is 0 Å². The first kappa shape index (κ1) is 13.6. The zero-order valence-electron chi connectivity index (χ0n) is 12.2. The number of nitrogens with zero attached hydrogens (tertiary/aromatic N) is 4. The summed E-state index contributed by atoms with van der Waals surface area (Å²) in [5.74, 6) is -0.244. The zero-order chi connectivity index (χ0) is 15.6. The predicted molar refractivity (Wildman–Crippen MR) is 86.3 cm³/mol. The Morgan fingerprint density at radius 1 is 0.870 bits per heavy atom. The van der Waals surface area contributed by atoms with Gasteiger partial charge in [-0.2, -0.15) is 5.10 Å². The second kappa shape index (κ2) is 5.61. The summed E-state index contributed by atoms with van der Waals surface area (Å²) in [6, 6.07) is 16.2. The lowest BCUT2D eigenvalue weighted by atomic mass is 10.2. The van der Waals surface area contributed by atoms with Gasteiger partial charge in [-0.15, -0.1) is 0 Å². The van der Waals surface area contributed by atoms with Gasteiger partial charge in [-0.25, -0.2) is 14.1 Å². The van der Waals surface area contributed by atoms with E-state index in [1.807, 2.05) is 36.4 Å². The third kappa shape index (κ3) is 2.46. The number of rotatable bonds is 3. The normalized spacial score (nSPS) is 11.0. The van der Waals surface area contributed by atoms with Crippen molar-refractivity contribution in [3.05, 3.63) is 78.4 Å². The molecule has 0 unspecified atom stereocenters. The minimum Gasteiger partial charge on any atom is -0.255 e. The zero-order valence-corrected chi connectivity index (χ0v) is 12.2. The first-order valence-electron chi connectivity index (χ1n) is 7.29. The van der Waals surface area contributed by atoms with Gasteiger partial charge >= 0.3 is 0 Å². The van der Waals surface area contributed by atoms with Gasteiger partial charge in [0.1, 0.15) is 11.5 Å². The molecule has 0 radical (unpaired) electrons. The molecular formula is C18H13FN4. The van der Waals surface area contributed by atoms with Gasteiger partial charge in [0.05, 0.1) is 12.2 Å². The molecule has 0 saturated carbocycles. The summed E-state index contributed by atoms with van der Waals surface area (Å²) in [5, 5.41) is 5.53. The largest absolute Gasteiger partial charge is 0.255 e. The van der Waals surface area contributed by atoms with Crippen molar-refractivity contribution >= 4 is 11.0 Å². The molecule has 23 heavy (non-hydrogen) atoms. The molecule has 4 nitrogen and oxygen atoms in total. The highest BCUT2D eigenvalue weighted by atomic mass is 19.1. The molecule has 4 aromatic rings. The number of halogens is 1. The molecule has 0 atom stereocenters. The minimum atomic E-state index is -0.244. The molecule has 0 fully saturated rings. The number of pyridine rings is 2. The van der Waals surface area contributed by atoms with E-state index in [1.54, 1.807) is 29.2 Å². The van der Waals surface area contributed by atoms with Crippen molar-refractivity contribution in [3.8, 4) is 11.4 Å². The molecule has 4 rings (SSSR count). The second-order valence-corrected chi connectivity index (χ2v) is 5.19. The van der Waals surface area contributed by atoms with Gasteiger partial charge in [-0.1, -0.05) is 24.3 Å². The van der Waals surface area contributed by atoms with Crippen LogP contribution in [0.15, 0.2) is 67.0 Å². The Morgan fingerprint density at radius 2 is 1.70 bits per heavy atom. The van der Waals surface area contributed by atoms with Crippen LogP contribution in [0.3, 0.4) is 0 Å². The molecule has 0 aliphatic rings. The Bertz CT molecular complexity index is 963. The topological polar surface area (TPSA) is 43.6 Å². The molecule has 0 amide bonds. The van der Waals surface area contributed by atoms with E-state index >= 15 is 0 Å². The van der Waals surface area contributed by atoms with Gasteiger partial charge in [-0.3, -0.25) is 4.98 Å².